The van der Waals surface area contributed by atoms with Gasteiger partial charge in [-0.1, -0.05) is 0 Å². The zero-order valence-corrected chi connectivity index (χ0v) is 10.00. The highest BCUT2D eigenvalue weighted by Crippen LogP contribution is 2.18. The molecule has 1 aliphatic rings. The number of aldehydes is 1. The summed E-state index contributed by atoms with van der Waals surface area (Å²) in [6.45, 7) is 3.13. The average molecular weight is 250 g/mol. The summed E-state index contributed by atoms with van der Waals surface area (Å²) in [6, 6.07) is 0. The molecule has 0 unspecified atom stereocenters. The largest absolute Gasteiger partial charge is 0.478 e. The molecule has 1 N–H and O–H groups in total. The van der Waals surface area contributed by atoms with Crippen LogP contribution in [0.2, 0.25) is 0 Å². The third kappa shape index (κ3) is 2.48. The molecule has 0 saturated carbocycles. The summed E-state index contributed by atoms with van der Waals surface area (Å²) in [7, 11) is 0. The fourth-order valence-corrected chi connectivity index (χ4v) is 1.84. The Morgan fingerprint density at radius 3 is 2.89 bits per heavy atom. The molecule has 0 aliphatic carbocycles. The molecule has 6 nitrogen and oxygen atoms in total. The molecule has 0 aromatic carbocycles. The van der Waals surface area contributed by atoms with Gasteiger partial charge in [0.25, 0.3) is 0 Å². The molecule has 1 fully saturated rings. The molecule has 0 radical (unpaired) electrons. The van der Waals surface area contributed by atoms with Crippen LogP contribution in [0.5, 0.6) is 0 Å². The quantitative estimate of drug-likeness (QED) is 0.620. The highest BCUT2D eigenvalue weighted by molar-refractivity contribution is 5.85. The van der Waals surface area contributed by atoms with Crippen LogP contribution in [0.4, 0.5) is 0 Å². The van der Waals surface area contributed by atoms with E-state index in [0.29, 0.717) is 24.3 Å². The van der Waals surface area contributed by atoms with E-state index in [1.165, 1.54) is 6.08 Å². The third-order valence-corrected chi connectivity index (χ3v) is 2.96. The van der Waals surface area contributed by atoms with E-state index in [1.54, 1.807) is 11.5 Å². The number of aliphatic carboxylic acids is 1. The zero-order chi connectivity index (χ0) is 13.1. The van der Waals surface area contributed by atoms with Gasteiger partial charge in [0.1, 0.15) is 0 Å². The van der Waals surface area contributed by atoms with Gasteiger partial charge < -0.3 is 14.4 Å². The number of carboxylic acids is 1. The lowest BCUT2D eigenvalue weighted by molar-refractivity contribution is -0.131. The predicted octanol–water partition coefficient (Wildman–Crippen LogP) is 0.891. The van der Waals surface area contributed by atoms with Crippen molar-refractivity contribution in [2.24, 2.45) is 0 Å². The first kappa shape index (κ1) is 12.5. The van der Waals surface area contributed by atoms with Crippen molar-refractivity contribution in [3.63, 3.8) is 0 Å². The minimum atomic E-state index is -1.04. The molecule has 2 heterocycles. The highest BCUT2D eigenvalue weighted by Gasteiger charge is 2.22. The lowest BCUT2D eigenvalue weighted by Crippen LogP contribution is -2.32. The van der Waals surface area contributed by atoms with Gasteiger partial charge in [-0.3, -0.25) is 4.79 Å². The second kappa shape index (κ2) is 5.14. The van der Waals surface area contributed by atoms with Crippen LogP contribution in [0.1, 0.15) is 28.4 Å². The monoisotopic (exact) mass is 250 g/mol. The van der Waals surface area contributed by atoms with Gasteiger partial charge in [0.2, 0.25) is 0 Å². The molecule has 0 amide bonds. The van der Waals surface area contributed by atoms with Gasteiger partial charge >= 0.3 is 5.97 Å². The second-order valence-corrected chi connectivity index (χ2v) is 4.12. The summed E-state index contributed by atoms with van der Waals surface area (Å²) in [5.74, 6) is -0.744. The lowest BCUT2D eigenvalue weighted by Gasteiger charge is -2.27. The van der Waals surface area contributed by atoms with Gasteiger partial charge in [-0.25, -0.2) is 9.78 Å². The molecule has 1 aromatic rings. The van der Waals surface area contributed by atoms with E-state index < -0.39 is 5.97 Å². The van der Waals surface area contributed by atoms with Crippen LogP contribution < -0.4 is 0 Å². The first-order valence-corrected chi connectivity index (χ1v) is 5.66. The number of imidazole rings is 1. The van der Waals surface area contributed by atoms with Crippen LogP contribution in [0.3, 0.4) is 0 Å². The average Bonchev–Trinajstić information content (AvgIpc) is 2.58. The Morgan fingerprint density at radius 2 is 2.39 bits per heavy atom. The molecule has 2 rings (SSSR count). The number of hydrogen-bond donors (Lipinski definition) is 1. The van der Waals surface area contributed by atoms with E-state index >= 15 is 0 Å². The van der Waals surface area contributed by atoms with Crippen LogP contribution in [0, 0.1) is 6.92 Å². The Hall–Kier alpha value is -1.95. The predicted molar refractivity (Wildman–Crippen MR) is 63.4 cm³/mol. The Bertz CT molecular complexity index is 500. The molecule has 1 aromatic heterocycles. The maximum Gasteiger partial charge on any atom is 0.328 e. The first-order chi connectivity index (χ1) is 8.61. The number of rotatable bonds is 5. The normalized spacial score (nSPS) is 18.8. The molecular formula is C12H14N2O4. The van der Waals surface area contributed by atoms with Crippen molar-refractivity contribution >= 4 is 18.3 Å². The Morgan fingerprint density at radius 1 is 1.67 bits per heavy atom. The standard InChI is InChI=1S/C12H14N2O4/c1-8-10(2-3-12(16)17)13-11(7-15)14(8)6-9-4-5-18-9/h2-3,7,9H,4-6H2,1H3,(H,16,17)/b3-2+/t9-/m0/s1. The minimum Gasteiger partial charge on any atom is -0.478 e. The smallest absolute Gasteiger partial charge is 0.328 e. The van der Waals surface area contributed by atoms with Gasteiger partial charge in [-0.15, -0.1) is 0 Å². The van der Waals surface area contributed by atoms with Crippen LogP contribution in [0.15, 0.2) is 6.08 Å². The number of carboxylic acid groups (broad SMARTS) is 1. The first-order valence-electron chi connectivity index (χ1n) is 5.66. The summed E-state index contributed by atoms with van der Waals surface area (Å²) in [4.78, 5) is 25.5. The van der Waals surface area contributed by atoms with E-state index in [0.717, 1.165) is 24.8 Å². The Kier molecular flexibility index (Phi) is 3.57. The van der Waals surface area contributed by atoms with Crippen molar-refractivity contribution in [3.05, 3.63) is 23.3 Å². The maximum atomic E-state index is 11.0. The molecule has 0 spiro atoms. The zero-order valence-electron chi connectivity index (χ0n) is 10.00. The summed E-state index contributed by atoms with van der Waals surface area (Å²) in [6.07, 6.45) is 4.16. The number of carbonyl (C=O) groups is 2. The van der Waals surface area contributed by atoms with Crippen molar-refractivity contribution in [1.82, 2.24) is 9.55 Å². The lowest BCUT2D eigenvalue weighted by atomic mass is 10.2. The summed E-state index contributed by atoms with van der Waals surface area (Å²) < 4.78 is 7.08. The molecule has 1 aliphatic heterocycles. The minimum absolute atomic E-state index is 0.118. The maximum absolute atomic E-state index is 11.0. The molecular weight excluding hydrogens is 236 g/mol. The molecule has 1 saturated heterocycles. The van der Waals surface area contributed by atoms with Gasteiger partial charge in [-0.05, 0) is 19.4 Å². The van der Waals surface area contributed by atoms with Crippen molar-refractivity contribution in [3.8, 4) is 0 Å². The van der Waals surface area contributed by atoms with Crippen molar-refractivity contribution in [2.75, 3.05) is 6.61 Å². The molecule has 6 heteroatoms. The molecule has 0 bridgehead atoms. The van der Waals surface area contributed by atoms with Crippen molar-refractivity contribution < 1.29 is 19.4 Å². The summed E-state index contributed by atoms with van der Waals surface area (Å²) in [5, 5.41) is 8.58. The SMILES string of the molecule is Cc1c(/C=C/C(=O)O)nc(C=O)n1C[C@@H]1CCO1. The van der Waals surface area contributed by atoms with Gasteiger partial charge in [0.15, 0.2) is 12.1 Å². The van der Waals surface area contributed by atoms with E-state index in [4.69, 9.17) is 9.84 Å². The number of carbonyl (C=O) groups excluding carboxylic acids is 1. The van der Waals surface area contributed by atoms with Crippen LogP contribution in [-0.2, 0) is 16.1 Å². The van der Waals surface area contributed by atoms with Crippen molar-refractivity contribution in [1.29, 1.82) is 0 Å². The number of hydrogen-bond acceptors (Lipinski definition) is 4. The van der Waals surface area contributed by atoms with Crippen LogP contribution >= 0.6 is 0 Å². The summed E-state index contributed by atoms with van der Waals surface area (Å²) in [5.41, 5.74) is 1.27. The van der Waals surface area contributed by atoms with E-state index in [2.05, 4.69) is 4.98 Å². The van der Waals surface area contributed by atoms with Gasteiger partial charge in [0.05, 0.1) is 18.3 Å². The third-order valence-electron chi connectivity index (χ3n) is 2.96. The van der Waals surface area contributed by atoms with E-state index in [1.807, 2.05) is 0 Å². The number of ether oxygens (including phenoxy) is 1. The van der Waals surface area contributed by atoms with Gasteiger partial charge in [0, 0.05) is 18.4 Å². The van der Waals surface area contributed by atoms with Crippen LogP contribution in [0.25, 0.3) is 6.08 Å². The van der Waals surface area contributed by atoms with E-state index in [9.17, 15) is 9.59 Å². The number of nitrogens with zero attached hydrogens (tertiary/aromatic N) is 2. The molecule has 1 atom stereocenters. The van der Waals surface area contributed by atoms with Gasteiger partial charge in [-0.2, -0.15) is 0 Å². The molecule has 18 heavy (non-hydrogen) atoms. The Labute approximate surface area is 104 Å². The number of aromatic nitrogens is 2. The fraction of sp³-hybridized carbons (Fsp3) is 0.417. The van der Waals surface area contributed by atoms with Crippen LogP contribution in [-0.4, -0.2) is 39.6 Å². The Balaban J connectivity index is 2.26. The highest BCUT2D eigenvalue weighted by atomic mass is 16.5. The van der Waals surface area contributed by atoms with Crippen molar-refractivity contribution in [2.45, 2.75) is 26.0 Å². The second-order valence-electron chi connectivity index (χ2n) is 4.12. The fourth-order valence-electron chi connectivity index (χ4n) is 1.84. The molecule has 96 valence electrons. The van der Waals surface area contributed by atoms with E-state index in [-0.39, 0.29) is 6.10 Å². The topological polar surface area (TPSA) is 81.4 Å². The summed E-state index contributed by atoms with van der Waals surface area (Å²) >= 11 is 0.